The summed E-state index contributed by atoms with van der Waals surface area (Å²) in [6, 6.07) is 11.9. The van der Waals surface area contributed by atoms with Crippen LogP contribution in [0, 0.1) is 13.8 Å². The number of thiophene rings is 1. The van der Waals surface area contributed by atoms with Gasteiger partial charge in [-0.1, -0.05) is 18.2 Å². The Balaban J connectivity index is 2.30. The molecule has 2 rings (SSSR count). The number of anilines is 1. The highest BCUT2D eigenvalue weighted by Crippen LogP contribution is 2.24. The summed E-state index contributed by atoms with van der Waals surface area (Å²) in [5, 5.41) is 0. The molecule has 0 aliphatic rings. The van der Waals surface area contributed by atoms with Crippen LogP contribution in [0.15, 0.2) is 36.4 Å². The number of carbonyl (C=O) groups excluding carboxylic acids is 1. The maximum atomic E-state index is 12.9. The van der Waals surface area contributed by atoms with Gasteiger partial charge in [0.1, 0.15) is 0 Å². The van der Waals surface area contributed by atoms with Gasteiger partial charge in [-0.25, -0.2) is 0 Å². The summed E-state index contributed by atoms with van der Waals surface area (Å²) < 4.78 is 0. The fourth-order valence-corrected chi connectivity index (χ4v) is 3.16. The van der Waals surface area contributed by atoms with E-state index in [1.54, 1.807) is 11.3 Å². The number of amides is 1. The van der Waals surface area contributed by atoms with Crippen molar-refractivity contribution in [3.63, 3.8) is 0 Å². The van der Waals surface area contributed by atoms with Crippen LogP contribution >= 0.6 is 11.3 Å². The third-order valence-electron chi connectivity index (χ3n) is 3.36. The van der Waals surface area contributed by atoms with Crippen molar-refractivity contribution < 1.29 is 4.79 Å². The molecule has 0 fully saturated rings. The molecule has 0 saturated heterocycles. The predicted octanol–water partition coefficient (Wildman–Crippen LogP) is 3.57. The highest BCUT2D eigenvalue weighted by molar-refractivity contribution is 7.12. The minimum atomic E-state index is 0.0879. The maximum Gasteiger partial charge on any atom is 0.259 e. The lowest BCUT2D eigenvalue weighted by Crippen LogP contribution is -2.36. The molecule has 0 spiro atoms. The largest absolute Gasteiger partial charge is 0.308 e. The van der Waals surface area contributed by atoms with Crippen LogP contribution in [0.25, 0.3) is 0 Å². The average molecular weight is 302 g/mol. The molecule has 0 atom stereocenters. The van der Waals surface area contributed by atoms with E-state index < -0.39 is 0 Å². The van der Waals surface area contributed by atoms with Crippen LogP contribution in [0.1, 0.15) is 20.1 Å². The van der Waals surface area contributed by atoms with E-state index >= 15 is 0 Å². The average Bonchev–Trinajstić information content (AvgIpc) is 2.78. The van der Waals surface area contributed by atoms with Gasteiger partial charge in [0, 0.05) is 28.5 Å². The quantitative estimate of drug-likeness (QED) is 0.843. The summed E-state index contributed by atoms with van der Waals surface area (Å²) in [6.45, 7) is 5.58. The van der Waals surface area contributed by atoms with E-state index in [1.165, 1.54) is 4.88 Å². The molecule has 0 bridgehead atoms. The number of aryl methyl sites for hydroxylation is 2. The Kier molecular flexibility index (Phi) is 5.15. The number of nitrogens with zero attached hydrogens (tertiary/aromatic N) is 2. The molecule has 1 heterocycles. The first-order chi connectivity index (χ1) is 9.99. The Morgan fingerprint density at radius 2 is 1.76 bits per heavy atom. The normalized spacial score (nSPS) is 10.9. The molecule has 1 aromatic heterocycles. The van der Waals surface area contributed by atoms with E-state index in [1.807, 2.05) is 69.2 Å². The second-order valence-corrected chi connectivity index (χ2v) is 6.88. The fourth-order valence-electron chi connectivity index (χ4n) is 2.24. The van der Waals surface area contributed by atoms with E-state index in [2.05, 4.69) is 4.90 Å². The van der Waals surface area contributed by atoms with E-state index in [9.17, 15) is 4.79 Å². The monoisotopic (exact) mass is 302 g/mol. The van der Waals surface area contributed by atoms with Gasteiger partial charge in [0.2, 0.25) is 0 Å². The molecule has 0 saturated carbocycles. The molecule has 0 radical (unpaired) electrons. The fraction of sp³-hybridized carbons (Fsp3) is 0.353. The number of benzene rings is 1. The third-order valence-corrected chi connectivity index (χ3v) is 4.32. The first-order valence-electron chi connectivity index (χ1n) is 7.07. The van der Waals surface area contributed by atoms with Crippen molar-refractivity contribution in [1.82, 2.24) is 4.90 Å². The van der Waals surface area contributed by atoms with Gasteiger partial charge in [-0.2, -0.15) is 0 Å². The molecule has 1 amide bonds. The minimum absolute atomic E-state index is 0.0879. The van der Waals surface area contributed by atoms with Gasteiger partial charge >= 0.3 is 0 Å². The molecule has 3 nitrogen and oxygen atoms in total. The van der Waals surface area contributed by atoms with Crippen LogP contribution in [-0.2, 0) is 0 Å². The Morgan fingerprint density at radius 3 is 2.29 bits per heavy atom. The third kappa shape index (κ3) is 3.93. The van der Waals surface area contributed by atoms with E-state index in [0.29, 0.717) is 6.54 Å². The number of hydrogen-bond acceptors (Lipinski definition) is 3. The molecule has 0 N–H and O–H groups in total. The zero-order chi connectivity index (χ0) is 15.4. The molecule has 0 aliphatic heterocycles. The van der Waals surface area contributed by atoms with Crippen molar-refractivity contribution in [2.75, 3.05) is 32.1 Å². The van der Waals surface area contributed by atoms with E-state index in [-0.39, 0.29) is 5.91 Å². The zero-order valence-corrected chi connectivity index (χ0v) is 13.9. The summed E-state index contributed by atoms with van der Waals surface area (Å²) in [5.41, 5.74) is 1.77. The SMILES string of the molecule is Cc1cc(C(=O)N(CCN(C)C)c2ccccc2)c(C)s1. The molecular weight excluding hydrogens is 280 g/mol. The molecule has 112 valence electrons. The minimum Gasteiger partial charge on any atom is -0.308 e. The standard InChI is InChI=1S/C17H22N2OS/c1-13-12-16(14(2)21-13)17(20)19(11-10-18(3)4)15-8-6-5-7-9-15/h5-9,12H,10-11H2,1-4H3. The van der Waals surface area contributed by atoms with Crippen LogP contribution in [0.5, 0.6) is 0 Å². The second-order valence-electron chi connectivity index (χ2n) is 5.42. The molecule has 4 heteroatoms. The molecule has 21 heavy (non-hydrogen) atoms. The maximum absolute atomic E-state index is 12.9. The lowest BCUT2D eigenvalue weighted by molar-refractivity contribution is 0.0985. The van der Waals surface area contributed by atoms with Crippen LogP contribution in [-0.4, -0.2) is 38.0 Å². The lowest BCUT2D eigenvalue weighted by atomic mass is 10.2. The Morgan fingerprint density at radius 1 is 1.10 bits per heavy atom. The van der Waals surface area contributed by atoms with Gasteiger partial charge in [0.25, 0.3) is 5.91 Å². The van der Waals surface area contributed by atoms with E-state index in [0.717, 1.165) is 22.7 Å². The molecular formula is C17H22N2OS. The van der Waals surface area contributed by atoms with Gasteiger partial charge in [-0.15, -0.1) is 11.3 Å². The summed E-state index contributed by atoms with van der Waals surface area (Å²) in [7, 11) is 4.04. The van der Waals surface area contributed by atoms with Crippen LogP contribution in [0.3, 0.4) is 0 Å². The van der Waals surface area contributed by atoms with Crippen molar-refractivity contribution in [2.24, 2.45) is 0 Å². The predicted molar refractivity (Wildman–Crippen MR) is 90.5 cm³/mol. The summed E-state index contributed by atoms with van der Waals surface area (Å²) >= 11 is 1.68. The highest BCUT2D eigenvalue weighted by atomic mass is 32.1. The van der Waals surface area contributed by atoms with Gasteiger partial charge in [-0.05, 0) is 46.1 Å². The van der Waals surface area contributed by atoms with Crippen LogP contribution in [0.2, 0.25) is 0 Å². The second kappa shape index (κ2) is 6.87. The summed E-state index contributed by atoms with van der Waals surface area (Å²) in [6.07, 6.45) is 0. The highest BCUT2D eigenvalue weighted by Gasteiger charge is 2.20. The molecule has 1 aromatic carbocycles. The number of hydrogen-bond donors (Lipinski definition) is 0. The first kappa shape index (κ1) is 15.7. The van der Waals surface area contributed by atoms with Crippen molar-refractivity contribution in [3.05, 3.63) is 51.7 Å². The first-order valence-corrected chi connectivity index (χ1v) is 7.89. The topological polar surface area (TPSA) is 23.6 Å². The molecule has 2 aromatic rings. The van der Waals surface area contributed by atoms with Gasteiger partial charge in [0.05, 0.1) is 5.56 Å². The van der Waals surface area contributed by atoms with Crippen LogP contribution in [0.4, 0.5) is 5.69 Å². The Bertz CT molecular complexity index is 605. The summed E-state index contributed by atoms with van der Waals surface area (Å²) in [5.74, 6) is 0.0879. The zero-order valence-electron chi connectivity index (χ0n) is 13.1. The number of para-hydroxylation sites is 1. The van der Waals surface area contributed by atoms with Crippen molar-refractivity contribution in [1.29, 1.82) is 0 Å². The molecule has 0 aliphatic carbocycles. The smallest absolute Gasteiger partial charge is 0.259 e. The lowest BCUT2D eigenvalue weighted by Gasteiger charge is -2.24. The van der Waals surface area contributed by atoms with Crippen molar-refractivity contribution in [3.8, 4) is 0 Å². The van der Waals surface area contributed by atoms with Crippen molar-refractivity contribution in [2.45, 2.75) is 13.8 Å². The van der Waals surface area contributed by atoms with Gasteiger partial charge in [-0.3, -0.25) is 4.79 Å². The van der Waals surface area contributed by atoms with E-state index in [4.69, 9.17) is 0 Å². The summed E-state index contributed by atoms with van der Waals surface area (Å²) in [4.78, 5) is 19.1. The van der Waals surface area contributed by atoms with Crippen LogP contribution < -0.4 is 4.90 Å². The Hall–Kier alpha value is -1.65. The number of carbonyl (C=O) groups is 1. The molecule has 0 unspecified atom stereocenters. The Labute approximate surface area is 130 Å². The number of rotatable bonds is 5. The van der Waals surface area contributed by atoms with Gasteiger partial charge in [0.15, 0.2) is 0 Å². The number of likely N-dealkylation sites (N-methyl/N-ethyl adjacent to an activating group) is 1. The van der Waals surface area contributed by atoms with Crippen molar-refractivity contribution >= 4 is 22.9 Å². The van der Waals surface area contributed by atoms with Gasteiger partial charge < -0.3 is 9.80 Å².